The van der Waals surface area contributed by atoms with Gasteiger partial charge in [0.2, 0.25) is 0 Å². The number of nitrogens with two attached hydrogens (primary N) is 1. The van der Waals surface area contributed by atoms with E-state index in [0.29, 0.717) is 49.2 Å². The standard InChI is InChI=1S/C12H15N3O3/c13-9-2-1-3-10-11(9)15-12(18-10)14-6-8-7-16-4-5-17-8/h1-3,8H,4-7,13H2,(H,14,15). The minimum Gasteiger partial charge on any atom is -0.423 e. The minimum atomic E-state index is 0.0334. The Morgan fingerprint density at radius 2 is 2.33 bits per heavy atom. The Kier molecular flexibility index (Phi) is 3.04. The van der Waals surface area contributed by atoms with Gasteiger partial charge in [-0.3, -0.25) is 0 Å². The smallest absolute Gasteiger partial charge is 0.295 e. The van der Waals surface area contributed by atoms with Gasteiger partial charge in [0.05, 0.1) is 31.6 Å². The number of nitrogens with one attached hydrogen (secondary N) is 1. The summed E-state index contributed by atoms with van der Waals surface area (Å²) < 4.78 is 16.4. The molecule has 6 nitrogen and oxygen atoms in total. The van der Waals surface area contributed by atoms with Crippen molar-refractivity contribution in [3.63, 3.8) is 0 Å². The van der Waals surface area contributed by atoms with Gasteiger partial charge in [0.25, 0.3) is 6.01 Å². The van der Waals surface area contributed by atoms with Crippen LogP contribution in [0, 0.1) is 0 Å². The second-order valence-corrected chi connectivity index (χ2v) is 4.16. The van der Waals surface area contributed by atoms with Crippen LogP contribution in [0.4, 0.5) is 11.7 Å². The van der Waals surface area contributed by atoms with Crippen molar-refractivity contribution in [3.05, 3.63) is 18.2 Å². The summed E-state index contributed by atoms with van der Waals surface area (Å²) in [4.78, 5) is 4.30. The molecule has 3 N–H and O–H groups in total. The van der Waals surface area contributed by atoms with Crippen molar-refractivity contribution in [3.8, 4) is 0 Å². The Morgan fingerprint density at radius 3 is 3.11 bits per heavy atom. The average Bonchev–Trinajstić information content (AvgIpc) is 2.82. The molecule has 0 amide bonds. The number of fused-ring (bicyclic) bond motifs is 1. The number of hydrogen-bond donors (Lipinski definition) is 2. The zero-order chi connectivity index (χ0) is 12.4. The minimum absolute atomic E-state index is 0.0334. The summed E-state index contributed by atoms with van der Waals surface area (Å²) >= 11 is 0. The number of rotatable bonds is 3. The van der Waals surface area contributed by atoms with E-state index < -0.39 is 0 Å². The molecule has 0 radical (unpaired) electrons. The van der Waals surface area contributed by atoms with Gasteiger partial charge in [0.15, 0.2) is 5.58 Å². The van der Waals surface area contributed by atoms with Crippen LogP contribution >= 0.6 is 0 Å². The van der Waals surface area contributed by atoms with E-state index in [4.69, 9.17) is 19.6 Å². The summed E-state index contributed by atoms with van der Waals surface area (Å²) in [7, 11) is 0. The normalized spacial score (nSPS) is 20.1. The van der Waals surface area contributed by atoms with Crippen molar-refractivity contribution in [2.75, 3.05) is 37.4 Å². The van der Waals surface area contributed by atoms with Crippen molar-refractivity contribution in [2.24, 2.45) is 0 Å². The van der Waals surface area contributed by atoms with Crippen LogP contribution in [0.3, 0.4) is 0 Å². The molecule has 1 fully saturated rings. The van der Waals surface area contributed by atoms with Gasteiger partial charge >= 0.3 is 0 Å². The molecule has 1 aliphatic rings. The van der Waals surface area contributed by atoms with Crippen molar-refractivity contribution >= 4 is 22.8 Å². The maximum atomic E-state index is 5.81. The van der Waals surface area contributed by atoms with E-state index in [9.17, 15) is 0 Å². The van der Waals surface area contributed by atoms with Crippen LogP contribution in [-0.2, 0) is 9.47 Å². The first-order valence-electron chi connectivity index (χ1n) is 5.91. The Hall–Kier alpha value is -1.79. The lowest BCUT2D eigenvalue weighted by molar-refractivity contribution is -0.0820. The number of aromatic nitrogens is 1. The number of nitrogen functional groups attached to an aromatic ring is 1. The van der Waals surface area contributed by atoms with Gasteiger partial charge in [-0.1, -0.05) is 6.07 Å². The van der Waals surface area contributed by atoms with Gasteiger partial charge in [0, 0.05) is 6.54 Å². The fraction of sp³-hybridized carbons (Fsp3) is 0.417. The molecule has 1 aromatic heterocycles. The van der Waals surface area contributed by atoms with Crippen molar-refractivity contribution in [1.82, 2.24) is 4.98 Å². The molecule has 1 unspecified atom stereocenters. The van der Waals surface area contributed by atoms with Gasteiger partial charge < -0.3 is 24.9 Å². The van der Waals surface area contributed by atoms with Crippen molar-refractivity contribution < 1.29 is 13.9 Å². The van der Waals surface area contributed by atoms with Gasteiger partial charge in [-0.2, -0.15) is 4.98 Å². The summed E-state index contributed by atoms with van der Waals surface area (Å²) in [6.45, 7) is 2.49. The van der Waals surface area contributed by atoms with Crippen LogP contribution in [-0.4, -0.2) is 37.5 Å². The second kappa shape index (κ2) is 4.83. The summed E-state index contributed by atoms with van der Waals surface area (Å²) in [6.07, 6.45) is 0.0334. The molecule has 6 heteroatoms. The van der Waals surface area contributed by atoms with E-state index in [1.54, 1.807) is 6.07 Å². The highest BCUT2D eigenvalue weighted by atomic mass is 16.6. The van der Waals surface area contributed by atoms with Crippen LogP contribution in [0.1, 0.15) is 0 Å². The van der Waals surface area contributed by atoms with Gasteiger partial charge in [0.1, 0.15) is 5.52 Å². The Bertz CT molecular complexity index is 534. The Balaban J connectivity index is 1.69. The number of oxazole rings is 1. The monoisotopic (exact) mass is 249 g/mol. The third kappa shape index (κ3) is 2.25. The van der Waals surface area contributed by atoms with Gasteiger partial charge in [-0.05, 0) is 12.1 Å². The van der Waals surface area contributed by atoms with Crippen molar-refractivity contribution in [2.45, 2.75) is 6.10 Å². The first-order chi connectivity index (χ1) is 8.83. The van der Waals surface area contributed by atoms with E-state index in [-0.39, 0.29) is 6.10 Å². The number of ether oxygens (including phenoxy) is 2. The largest absolute Gasteiger partial charge is 0.423 e. The van der Waals surface area contributed by atoms with E-state index >= 15 is 0 Å². The third-order valence-corrected chi connectivity index (χ3v) is 2.82. The quantitative estimate of drug-likeness (QED) is 0.796. The summed E-state index contributed by atoms with van der Waals surface area (Å²) in [6, 6.07) is 5.93. The zero-order valence-electron chi connectivity index (χ0n) is 9.89. The van der Waals surface area contributed by atoms with E-state index in [2.05, 4.69) is 10.3 Å². The molecular weight excluding hydrogens is 234 g/mol. The summed E-state index contributed by atoms with van der Waals surface area (Å²) in [5.41, 5.74) is 7.79. The molecule has 0 spiro atoms. The maximum Gasteiger partial charge on any atom is 0.295 e. The molecule has 96 valence electrons. The van der Waals surface area contributed by atoms with Crippen LogP contribution in [0.5, 0.6) is 0 Å². The number of hydrogen-bond acceptors (Lipinski definition) is 6. The highest BCUT2D eigenvalue weighted by molar-refractivity contribution is 5.86. The zero-order valence-corrected chi connectivity index (χ0v) is 9.89. The average molecular weight is 249 g/mol. The molecule has 18 heavy (non-hydrogen) atoms. The fourth-order valence-electron chi connectivity index (χ4n) is 1.90. The lowest BCUT2D eigenvalue weighted by Crippen LogP contribution is -2.34. The molecular formula is C12H15N3O3. The van der Waals surface area contributed by atoms with Crippen LogP contribution in [0.2, 0.25) is 0 Å². The molecule has 0 aliphatic carbocycles. The number of anilines is 2. The molecule has 2 aromatic rings. The van der Waals surface area contributed by atoms with Crippen LogP contribution in [0.25, 0.3) is 11.1 Å². The number of para-hydroxylation sites is 1. The molecule has 0 saturated carbocycles. The summed E-state index contributed by atoms with van der Waals surface area (Å²) in [5.74, 6) is 0. The van der Waals surface area contributed by atoms with Crippen LogP contribution in [0.15, 0.2) is 22.6 Å². The van der Waals surface area contributed by atoms with Crippen LogP contribution < -0.4 is 11.1 Å². The predicted octanol–water partition coefficient (Wildman–Crippen LogP) is 1.24. The Labute approximate surface area is 104 Å². The highest BCUT2D eigenvalue weighted by Gasteiger charge is 2.15. The molecule has 1 atom stereocenters. The lowest BCUT2D eigenvalue weighted by atomic mass is 10.3. The molecule has 1 aromatic carbocycles. The molecule has 1 aliphatic heterocycles. The molecule has 2 heterocycles. The topological polar surface area (TPSA) is 82.5 Å². The Morgan fingerprint density at radius 1 is 1.39 bits per heavy atom. The first kappa shape index (κ1) is 11.3. The molecule has 3 rings (SSSR count). The maximum absolute atomic E-state index is 5.81. The molecule has 0 bridgehead atoms. The fourth-order valence-corrected chi connectivity index (χ4v) is 1.90. The third-order valence-electron chi connectivity index (χ3n) is 2.82. The highest BCUT2D eigenvalue weighted by Crippen LogP contribution is 2.23. The SMILES string of the molecule is Nc1cccc2oc(NCC3COCCO3)nc12. The number of benzene rings is 1. The van der Waals surface area contributed by atoms with Gasteiger partial charge in [-0.15, -0.1) is 0 Å². The van der Waals surface area contributed by atoms with Gasteiger partial charge in [-0.25, -0.2) is 0 Å². The predicted molar refractivity (Wildman–Crippen MR) is 67.5 cm³/mol. The number of nitrogens with zero attached hydrogens (tertiary/aromatic N) is 1. The first-order valence-corrected chi connectivity index (χ1v) is 5.91. The molecule has 1 saturated heterocycles. The lowest BCUT2D eigenvalue weighted by Gasteiger charge is -2.22. The van der Waals surface area contributed by atoms with E-state index in [0.717, 1.165) is 0 Å². The van der Waals surface area contributed by atoms with E-state index in [1.807, 2.05) is 12.1 Å². The van der Waals surface area contributed by atoms with Crippen molar-refractivity contribution in [1.29, 1.82) is 0 Å². The summed E-state index contributed by atoms with van der Waals surface area (Å²) in [5, 5.41) is 3.09. The second-order valence-electron chi connectivity index (χ2n) is 4.16. The van der Waals surface area contributed by atoms with E-state index in [1.165, 1.54) is 0 Å².